The SMILES string of the molecule is CCC1CCCCN1S(=O)(=O)c1ccc(CCl)s1. The summed E-state index contributed by atoms with van der Waals surface area (Å²) >= 11 is 7.02. The summed E-state index contributed by atoms with van der Waals surface area (Å²) in [7, 11) is -3.32. The van der Waals surface area contributed by atoms with Crippen LogP contribution >= 0.6 is 22.9 Å². The van der Waals surface area contributed by atoms with Crippen LogP contribution in [0.15, 0.2) is 16.3 Å². The molecule has 102 valence electrons. The highest BCUT2D eigenvalue weighted by Crippen LogP contribution is 2.31. The van der Waals surface area contributed by atoms with E-state index in [0.717, 1.165) is 30.6 Å². The van der Waals surface area contributed by atoms with Crippen LogP contribution in [0.4, 0.5) is 0 Å². The van der Waals surface area contributed by atoms with Crippen LogP contribution in [0.3, 0.4) is 0 Å². The van der Waals surface area contributed by atoms with Gasteiger partial charge in [0.1, 0.15) is 4.21 Å². The zero-order valence-corrected chi connectivity index (χ0v) is 12.8. The molecule has 0 aromatic carbocycles. The largest absolute Gasteiger partial charge is 0.252 e. The second kappa shape index (κ2) is 5.90. The van der Waals surface area contributed by atoms with Crippen molar-refractivity contribution in [1.82, 2.24) is 4.31 Å². The molecule has 1 aromatic rings. The van der Waals surface area contributed by atoms with E-state index in [4.69, 9.17) is 11.6 Å². The minimum absolute atomic E-state index is 0.158. The molecule has 0 aliphatic carbocycles. The lowest BCUT2D eigenvalue weighted by Crippen LogP contribution is -2.42. The topological polar surface area (TPSA) is 37.4 Å². The van der Waals surface area contributed by atoms with Gasteiger partial charge in [-0.25, -0.2) is 8.42 Å². The lowest BCUT2D eigenvalue weighted by atomic mass is 10.0. The Morgan fingerprint density at radius 1 is 1.44 bits per heavy atom. The number of hydrogen-bond acceptors (Lipinski definition) is 3. The van der Waals surface area contributed by atoms with E-state index in [9.17, 15) is 8.42 Å². The van der Waals surface area contributed by atoms with E-state index >= 15 is 0 Å². The Morgan fingerprint density at radius 3 is 2.83 bits per heavy atom. The molecule has 3 nitrogen and oxygen atoms in total. The molecule has 6 heteroatoms. The number of rotatable bonds is 4. The molecular formula is C12H18ClNO2S2. The smallest absolute Gasteiger partial charge is 0.206 e. The van der Waals surface area contributed by atoms with Crippen molar-refractivity contribution in [3.8, 4) is 0 Å². The average Bonchev–Trinajstić information content (AvgIpc) is 2.88. The zero-order chi connectivity index (χ0) is 13.2. The quantitative estimate of drug-likeness (QED) is 0.799. The fraction of sp³-hybridized carbons (Fsp3) is 0.667. The number of alkyl halides is 1. The standard InChI is InChI=1S/C12H18ClNO2S2/c1-2-10-5-3-4-8-14(10)18(15,16)12-7-6-11(9-13)17-12/h6-7,10H,2-5,8-9H2,1H3. The predicted molar refractivity (Wildman–Crippen MR) is 75.7 cm³/mol. The maximum absolute atomic E-state index is 12.6. The van der Waals surface area contributed by atoms with Gasteiger partial charge in [0.25, 0.3) is 10.0 Å². The first-order valence-corrected chi connectivity index (χ1v) is 9.05. The lowest BCUT2D eigenvalue weighted by Gasteiger charge is -2.33. The van der Waals surface area contributed by atoms with Crippen LogP contribution in [-0.4, -0.2) is 25.3 Å². The summed E-state index contributed by atoms with van der Waals surface area (Å²) in [4.78, 5) is 0.903. The second-order valence-electron chi connectivity index (χ2n) is 4.53. The highest BCUT2D eigenvalue weighted by molar-refractivity contribution is 7.91. The zero-order valence-electron chi connectivity index (χ0n) is 10.4. The average molecular weight is 308 g/mol. The summed E-state index contributed by atoms with van der Waals surface area (Å²) in [6.45, 7) is 2.70. The molecule has 0 saturated carbocycles. The predicted octanol–water partition coefficient (Wildman–Crippen LogP) is 3.44. The van der Waals surface area contributed by atoms with E-state index in [0.29, 0.717) is 16.6 Å². The van der Waals surface area contributed by atoms with Gasteiger partial charge >= 0.3 is 0 Å². The van der Waals surface area contributed by atoms with Crippen LogP contribution in [0.25, 0.3) is 0 Å². The molecule has 0 radical (unpaired) electrons. The van der Waals surface area contributed by atoms with Gasteiger partial charge in [0.2, 0.25) is 0 Å². The number of hydrogen-bond donors (Lipinski definition) is 0. The normalized spacial score (nSPS) is 22.2. The first kappa shape index (κ1) is 14.3. The van der Waals surface area contributed by atoms with E-state index in [1.54, 1.807) is 16.4 Å². The van der Waals surface area contributed by atoms with E-state index in [1.807, 2.05) is 0 Å². The molecule has 1 fully saturated rings. The number of thiophene rings is 1. The molecule has 18 heavy (non-hydrogen) atoms. The molecule has 0 spiro atoms. The van der Waals surface area contributed by atoms with Gasteiger partial charge in [0.05, 0.1) is 5.88 Å². The molecule has 0 N–H and O–H groups in total. The van der Waals surface area contributed by atoms with Gasteiger partial charge < -0.3 is 0 Å². The minimum atomic E-state index is -3.32. The van der Waals surface area contributed by atoms with Crippen LogP contribution in [-0.2, 0) is 15.9 Å². The van der Waals surface area contributed by atoms with Crippen molar-refractivity contribution in [1.29, 1.82) is 0 Å². The Kier molecular flexibility index (Phi) is 4.69. The maximum Gasteiger partial charge on any atom is 0.252 e. The first-order chi connectivity index (χ1) is 8.59. The van der Waals surface area contributed by atoms with Gasteiger partial charge in [-0.1, -0.05) is 13.3 Å². The number of halogens is 1. The third kappa shape index (κ3) is 2.74. The van der Waals surface area contributed by atoms with Crippen molar-refractivity contribution >= 4 is 33.0 Å². The van der Waals surface area contributed by atoms with Crippen molar-refractivity contribution in [2.75, 3.05) is 6.54 Å². The molecule has 1 aromatic heterocycles. The number of piperidine rings is 1. The van der Waals surface area contributed by atoms with Gasteiger partial charge in [-0.05, 0) is 31.4 Å². The van der Waals surface area contributed by atoms with Crippen LogP contribution < -0.4 is 0 Å². The lowest BCUT2D eigenvalue weighted by molar-refractivity contribution is 0.247. The molecular weight excluding hydrogens is 290 g/mol. The van der Waals surface area contributed by atoms with Gasteiger partial charge in [-0.15, -0.1) is 22.9 Å². The van der Waals surface area contributed by atoms with Crippen molar-refractivity contribution in [3.63, 3.8) is 0 Å². The van der Waals surface area contributed by atoms with E-state index < -0.39 is 10.0 Å². The molecule has 1 aliphatic heterocycles. The summed E-state index contributed by atoms with van der Waals surface area (Å²) in [6, 6.07) is 3.64. The Hall–Kier alpha value is -0.100. The molecule has 1 saturated heterocycles. The molecule has 2 heterocycles. The van der Waals surface area contributed by atoms with Crippen molar-refractivity contribution < 1.29 is 8.42 Å². The van der Waals surface area contributed by atoms with Crippen molar-refractivity contribution in [2.45, 2.75) is 48.7 Å². The highest BCUT2D eigenvalue weighted by Gasteiger charge is 2.33. The van der Waals surface area contributed by atoms with E-state index in [1.165, 1.54) is 11.3 Å². The Balaban J connectivity index is 2.28. The van der Waals surface area contributed by atoms with Crippen LogP contribution in [0.1, 0.15) is 37.5 Å². The van der Waals surface area contributed by atoms with E-state index in [-0.39, 0.29) is 6.04 Å². The fourth-order valence-corrected chi connectivity index (χ4v) is 5.74. The molecule has 0 bridgehead atoms. The van der Waals surface area contributed by atoms with Gasteiger partial charge in [-0.3, -0.25) is 0 Å². The monoisotopic (exact) mass is 307 g/mol. The molecule has 1 unspecified atom stereocenters. The number of sulfonamides is 1. The number of nitrogens with zero attached hydrogens (tertiary/aromatic N) is 1. The van der Waals surface area contributed by atoms with Crippen LogP contribution in [0.5, 0.6) is 0 Å². The van der Waals surface area contributed by atoms with Crippen molar-refractivity contribution in [2.24, 2.45) is 0 Å². The summed E-state index contributed by atoms with van der Waals surface area (Å²) < 4.78 is 27.3. The molecule has 0 amide bonds. The Labute approximate surface area is 118 Å². The maximum atomic E-state index is 12.6. The second-order valence-corrected chi connectivity index (χ2v) is 8.08. The Bertz CT molecular complexity index is 498. The summed E-state index contributed by atoms with van der Waals surface area (Å²) in [6.07, 6.45) is 3.95. The van der Waals surface area contributed by atoms with Gasteiger partial charge in [-0.2, -0.15) is 4.31 Å². The van der Waals surface area contributed by atoms with Crippen molar-refractivity contribution in [3.05, 3.63) is 17.0 Å². The van der Waals surface area contributed by atoms with Crippen LogP contribution in [0, 0.1) is 0 Å². The minimum Gasteiger partial charge on any atom is -0.206 e. The summed E-state index contributed by atoms with van der Waals surface area (Å²) in [5, 5.41) is 0. The van der Waals surface area contributed by atoms with Crippen LogP contribution in [0.2, 0.25) is 0 Å². The molecule has 2 rings (SSSR count). The fourth-order valence-electron chi connectivity index (χ4n) is 2.38. The third-order valence-electron chi connectivity index (χ3n) is 3.38. The molecule has 1 atom stereocenters. The summed E-state index contributed by atoms with van der Waals surface area (Å²) in [5.41, 5.74) is 0. The highest BCUT2D eigenvalue weighted by atomic mass is 35.5. The Morgan fingerprint density at radius 2 is 2.22 bits per heavy atom. The van der Waals surface area contributed by atoms with E-state index in [2.05, 4.69) is 6.92 Å². The first-order valence-electron chi connectivity index (χ1n) is 6.26. The van der Waals surface area contributed by atoms with Gasteiger partial charge in [0, 0.05) is 17.5 Å². The summed E-state index contributed by atoms with van der Waals surface area (Å²) in [5.74, 6) is 0.372. The third-order valence-corrected chi connectivity index (χ3v) is 7.33. The molecule has 1 aliphatic rings. The van der Waals surface area contributed by atoms with Gasteiger partial charge in [0.15, 0.2) is 0 Å².